The molecule has 7 heteroatoms. The molecular weight excluding hydrogens is 354 g/mol. The van der Waals surface area contributed by atoms with Crippen LogP contribution in [0.25, 0.3) is 0 Å². The molecule has 0 N–H and O–H groups in total. The van der Waals surface area contributed by atoms with Crippen LogP contribution in [0.15, 0.2) is 45.8 Å². The van der Waals surface area contributed by atoms with E-state index in [1.807, 2.05) is 0 Å². The number of ether oxygens (including phenoxy) is 1. The Morgan fingerprint density at radius 2 is 1.70 bits per heavy atom. The predicted octanol–water partition coefficient (Wildman–Crippen LogP) is 3.92. The fourth-order valence-corrected chi connectivity index (χ4v) is 2.73. The molecule has 20 heavy (non-hydrogen) atoms. The van der Waals surface area contributed by atoms with Crippen LogP contribution in [-0.2, 0) is 9.84 Å². The summed E-state index contributed by atoms with van der Waals surface area (Å²) in [6.45, 7) is 0. The third kappa shape index (κ3) is 3.34. The SMILES string of the molecule is CS(=O)(=O)c1ccc(Oc2ccc(F)cc2F)c(Br)c1. The molecule has 0 heterocycles. The summed E-state index contributed by atoms with van der Waals surface area (Å²) in [5.41, 5.74) is 0. The van der Waals surface area contributed by atoms with Crippen LogP contribution < -0.4 is 4.74 Å². The molecule has 2 aromatic carbocycles. The van der Waals surface area contributed by atoms with Crippen LogP contribution in [-0.4, -0.2) is 14.7 Å². The molecule has 0 amide bonds. The number of rotatable bonds is 3. The van der Waals surface area contributed by atoms with Crippen molar-refractivity contribution in [3.63, 3.8) is 0 Å². The Labute approximate surface area is 123 Å². The molecule has 0 atom stereocenters. The van der Waals surface area contributed by atoms with Gasteiger partial charge in [-0.3, -0.25) is 0 Å². The number of hydrogen-bond donors (Lipinski definition) is 0. The predicted molar refractivity (Wildman–Crippen MR) is 73.7 cm³/mol. The Bertz CT molecular complexity index is 760. The highest BCUT2D eigenvalue weighted by molar-refractivity contribution is 9.10. The van der Waals surface area contributed by atoms with E-state index in [-0.39, 0.29) is 16.4 Å². The maximum Gasteiger partial charge on any atom is 0.175 e. The normalized spacial score (nSPS) is 11.4. The molecule has 0 aliphatic rings. The summed E-state index contributed by atoms with van der Waals surface area (Å²) in [7, 11) is -3.34. The van der Waals surface area contributed by atoms with Crippen molar-refractivity contribution in [1.29, 1.82) is 0 Å². The second-order valence-corrected chi connectivity index (χ2v) is 6.91. The topological polar surface area (TPSA) is 43.4 Å². The van der Waals surface area contributed by atoms with E-state index in [1.165, 1.54) is 18.2 Å². The zero-order valence-electron chi connectivity index (χ0n) is 10.2. The van der Waals surface area contributed by atoms with Crippen molar-refractivity contribution < 1.29 is 21.9 Å². The van der Waals surface area contributed by atoms with E-state index in [1.54, 1.807) is 0 Å². The summed E-state index contributed by atoms with van der Waals surface area (Å²) >= 11 is 3.15. The molecule has 0 radical (unpaired) electrons. The minimum atomic E-state index is -3.34. The van der Waals surface area contributed by atoms with Gasteiger partial charge in [0.05, 0.1) is 9.37 Å². The van der Waals surface area contributed by atoms with Gasteiger partial charge in [-0.2, -0.15) is 0 Å². The number of sulfone groups is 1. The van der Waals surface area contributed by atoms with Crippen molar-refractivity contribution in [3.05, 3.63) is 52.5 Å². The van der Waals surface area contributed by atoms with Crippen LogP contribution in [0.3, 0.4) is 0 Å². The lowest BCUT2D eigenvalue weighted by atomic mass is 10.3. The average molecular weight is 363 g/mol. The summed E-state index contributed by atoms with van der Waals surface area (Å²) in [5.74, 6) is -1.48. The first-order valence-corrected chi connectivity index (χ1v) is 8.08. The minimum Gasteiger partial charge on any atom is -0.453 e. The molecule has 0 saturated carbocycles. The zero-order valence-corrected chi connectivity index (χ0v) is 12.6. The molecule has 0 fully saturated rings. The van der Waals surface area contributed by atoms with Crippen LogP contribution in [0.1, 0.15) is 0 Å². The summed E-state index contributed by atoms with van der Waals surface area (Å²) < 4.78 is 54.6. The van der Waals surface area contributed by atoms with Crippen molar-refractivity contribution in [2.24, 2.45) is 0 Å². The molecule has 0 saturated heterocycles. The average Bonchev–Trinajstić information content (AvgIpc) is 2.33. The standard InChI is InChI=1S/C13H9BrF2O3S/c1-20(17,18)9-3-5-12(10(14)7-9)19-13-4-2-8(15)6-11(13)16/h2-7H,1H3. The van der Waals surface area contributed by atoms with E-state index < -0.39 is 21.5 Å². The Balaban J connectivity index is 2.35. The maximum atomic E-state index is 13.5. The van der Waals surface area contributed by atoms with Gasteiger partial charge in [0, 0.05) is 12.3 Å². The minimum absolute atomic E-state index is 0.108. The largest absolute Gasteiger partial charge is 0.453 e. The molecule has 3 nitrogen and oxygen atoms in total. The van der Waals surface area contributed by atoms with E-state index in [0.717, 1.165) is 18.4 Å². The van der Waals surface area contributed by atoms with Gasteiger partial charge in [0.15, 0.2) is 21.4 Å². The van der Waals surface area contributed by atoms with E-state index >= 15 is 0 Å². The van der Waals surface area contributed by atoms with Gasteiger partial charge in [-0.05, 0) is 46.3 Å². The monoisotopic (exact) mass is 362 g/mol. The summed E-state index contributed by atoms with van der Waals surface area (Å²) in [6.07, 6.45) is 1.08. The van der Waals surface area contributed by atoms with Crippen LogP contribution in [0, 0.1) is 11.6 Å². The zero-order chi connectivity index (χ0) is 14.9. The highest BCUT2D eigenvalue weighted by Crippen LogP contribution is 2.32. The lowest BCUT2D eigenvalue weighted by molar-refractivity contribution is 0.435. The van der Waals surface area contributed by atoms with Gasteiger partial charge in [0.25, 0.3) is 0 Å². The van der Waals surface area contributed by atoms with Crippen LogP contribution >= 0.6 is 15.9 Å². The Morgan fingerprint density at radius 3 is 2.25 bits per heavy atom. The second-order valence-electron chi connectivity index (χ2n) is 4.04. The summed E-state index contributed by atoms with van der Waals surface area (Å²) in [6, 6.07) is 7.01. The molecule has 0 aliphatic heterocycles. The molecule has 0 unspecified atom stereocenters. The first-order valence-electron chi connectivity index (χ1n) is 5.40. The summed E-state index contributed by atoms with van der Waals surface area (Å²) in [4.78, 5) is 0.108. The van der Waals surface area contributed by atoms with Crippen molar-refractivity contribution in [2.75, 3.05) is 6.26 Å². The third-order valence-corrected chi connectivity index (χ3v) is 4.18. The van der Waals surface area contributed by atoms with Crippen LogP contribution in [0.5, 0.6) is 11.5 Å². The van der Waals surface area contributed by atoms with Gasteiger partial charge in [0.2, 0.25) is 0 Å². The molecule has 2 aromatic rings. The van der Waals surface area contributed by atoms with Gasteiger partial charge in [0.1, 0.15) is 11.6 Å². The molecule has 0 aromatic heterocycles. The van der Waals surface area contributed by atoms with Gasteiger partial charge in [-0.1, -0.05) is 0 Å². The molecule has 2 rings (SSSR count). The van der Waals surface area contributed by atoms with Gasteiger partial charge in [-0.15, -0.1) is 0 Å². The highest BCUT2D eigenvalue weighted by atomic mass is 79.9. The molecule has 0 spiro atoms. The smallest absolute Gasteiger partial charge is 0.175 e. The third-order valence-electron chi connectivity index (χ3n) is 2.45. The van der Waals surface area contributed by atoms with Crippen LogP contribution in [0.4, 0.5) is 8.78 Å². The van der Waals surface area contributed by atoms with E-state index in [0.29, 0.717) is 10.5 Å². The molecule has 106 valence electrons. The van der Waals surface area contributed by atoms with Gasteiger partial charge >= 0.3 is 0 Å². The molecule has 0 bridgehead atoms. The maximum absolute atomic E-state index is 13.5. The Kier molecular flexibility index (Phi) is 4.10. The number of hydrogen-bond acceptors (Lipinski definition) is 3. The first-order chi connectivity index (χ1) is 9.27. The van der Waals surface area contributed by atoms with E-state index in [9.17, 15) is 17.2 Å². The van der Waals surface area contributed by atoms with Gasteiger partial charge in [-0.25, -0.2) is 17.2 Å². The fourth-order valence-electron chi connectivity index (χ4n) is 1.47. The first kappa shape index (κ1) is 14.9. The highest BCUT2D eigenvalue weighted by Gasteiger charge is 2.12. The molecular formula is C13H9BrF2O3S. The fraction of sp³-hybridized carbons (Fsp3) is 0.0769. The Hall–Kier alpha value is -1.47. The quantitative estimate of drug-likeness (QED) is 0.830. The van der Waals surface area contributed by atoms with Crippen molar-refractivity contribution in [3.8, 4) is 11.5 Å². The van der Waals surface area contributed by atoms with E-state index in [2.05, 4.69) is 15.9 Å². The number of benzene rings is 2. The summed E-state index contributed by atoms with van der Waals surface area (Å²) in [5, 5.41) is 0. The van der Waals surface area contributed by atoms with Crippen molar-refractivity contribution >= 4 is 25.8 Å². The van der Waals surface area contributed by atoms with Gasteiger partial charge < -0.3 is 4.74 Å². The van der Waals surface area contributed by atoms with Crippen molar-refractivity contribution in [1.82, 2.24) is 0 Å². The Morgan fingerprint density at radius 1 is 1.05 bits per heavy atom. The molecule has 0 aliphatic carbocycles. The lowest BCUT2D eigenvalue weighted by Gasteiger charge is -2.09. The number of halogens is 3. The van der Waals surface area contributed by atoms with Crippen LogP contribution in [0.2, 0.25) is 0 Å². The van der Waals surface area contributed by atoms with Crippen molar-refractivity contribution in [2.45, 2.75) is 4.90 Å². The lowest BCUT2D eigenvalue weighted by Crippen LogP contribution is -1.97. The second kappa shape index (κ2) is 5.49. The van der Waals surface area contributed by atoms with E-state index in [4.69, 9.17) is 4.74 Å².